The number of nitrogens with zero attached hydrogens (tertiary/aromatic N) is 4. The van der Waals surface area contributed by atoms with Gasteiger partial charge in [-0.25, -0.2) is 9.37 Å². The van der Waals surface area contributed by atoms with Gasteiger partial charge in [-0.2, -0.15) is 9.97 Å². The van der Waals surface area contributed by atoms with E-state index < -0.39 is 46.2 Å². The van der Waals surface area contributed by atoms with Crippen LogP contribution in [0.4, 0.5) is 10.2 Å². The third-order valence-electron chi connectivity index (χ3n) is 5.18. The average molecular weight is 574 g/mol. The minimum absolute atomic E-state index is 0.0162. The topological polar surface area (TPSA) is 209 Å². The highest BCUT2D eigenvalue weighted by Gasteiger charge is 2.35. The van der Waals surface area contributed by atoms with Gasteiger partial charge >= 0.3 is 15.2 Å². The fourth-order valence-corrected chi connectivity index (χ4v) is 6.23. The van der Waals surface area contributed by atoms with E-state index in [9.17, 15) is 24.2 Å². The van der Waals surface area contributed by atoms with Gasteiger partial charge in [-0.05, 0) is 30.0 Å². The zero-order valence-electron chi connectivity index (χ0n) is 19.0. The Balaban J connectivity index is 1.79. The van der Waals surface area contributed by atoms with Crippen LogP contribution in [-0.2, 0) is 18.4 Å². The number of aliphatic hydroxyl groups is 2. The summed E-state index contributed by atoms with van der Waals surface area (Å²) in [5.74, 6) is -1.19. The number of hydrogen-bond donors (Lipinski definition) is 6. The Morgan fingerprint density at radius 1 is 1.39 bits per heavy atom. The first kappa shape index (κ1) is 29.1. The van der Waals surface area contributed by atoms with Crippen LogP contribution in [0.25, 0.3) is 11.2 Å². The number of hydrogen-bond acceptors (Lipinski definition) is 10. The van der Waals surface area contributed by atoms with E-state index >= 15 is 4.39 Å². The van der Waals surface area contributed by atoms with Crippen molar-refractivity contribution >= 4 is 43.8 Å². The van der Waals surface area contributed by atoms with Gasteiger partial charge in [0.05, 0.1) is 25.6 Å². The average Bonchev–Trinajstić information content (AvgIpc) is 3.43. The first-order valence-corrected chi connectivity index (χ1v) is 14.7. The molecule has 3 heterocycles. The maximum atomic E-state index is 15.3. The van der Waals surface area contributed by atoms with Crippen molar-refractivity contribution in [3.05, 3.63) is 23.3 Å². The number of aromatic nitrogens is 4. The smallest absolute Gasteiger partial charge is 0.340 e. The number of allylic oxidation sites excluding steroid dienone is 1. The van der Waals surface area contributed by atoms with E-state index in [1.165, 1.54) is 6.08 Å². The molecular formula is C18H27ClFN5O9P2. The van der Waals surface area contributed by atoms with Crippen molar-refractivity contribution in [1.29, 1.82) is 0 Å². The largest absolute Gasteiger partial charge is 0.385 e. The van der Waals surface area contributed by atoms with Gasteiger partial charge < -0.3 is 39.5 Å². The van der Waals surface area contributed by atoms with Crippen LogP contribution in [-0.4, -0.2) is 88.5 Å². The van der Waals surface area contributed by atoms with Crippen LogP contribution in [0.15, 0.2) is 18.0 Å². The number of anilines is 1. The van der Waals surface area contributed by atoms with Crippen LogP contribution in [0.1, 0.15) is 26.0 Å². The first-order chi connectivity index (χ1) is 16.8. The van der Waals surface area contributed by atoms with E-state index in [4.69, 9.17) is 30.6 Å². The van der Waals surface area contributed by atoms with Crippen molar-refractivity contribution < 1.29 is 47.7 Å². The van der Waals surface area contributed by atoms with Crippen LogP contribution in [0.3, 0.4) is 0 Å². The summed E-state index contributed by atoms with van der Waals surface area (Å²) >= 11 is 6.02. The summed E-state index contributed by atoms with van der Waals surface area (Å²) in [6, 6.07) is -0.0557. The number of halogens is 2. The van der Waals surface area contributed by atoms with Crippen molar-refractivity contribution in [2.24, 2.45) is 0 Å². The van der Waals surface area contributed by atoms with Gasteiger partial charge in [-0.1, -0.05) is 13.0 Å². The second kappa shape index (κ2) is 11.9. The van der Waals surface area contributed by atoms with Crippen LogP contribution >= 0.6 is 26.8 Å². The molecule has 0 saturated carbocycles. The molecule has 0 aromatic carbocycles. The van der Waals surface area contributed by atoms with E-state index in [0.29, 0.717) is 13.2 Å². The number of rotatable bonds is 12. The van der Waals surface area contributed by atoms with Gasteiger partial charge in [0.25, 0.3) is 0 Å². The normalized spacial score (nSPS) is 21.3. The lowest BCUT2D eigenvalue weighted by atomic mass is 10.0. The molecule has 3 rings (SSSR count). The number of fused-ring (bicyclic) bond motifs is 1. The number of nitrogens with one attached hydrogen (secondary N) is 1. The van der Waals surface area contributed by atoms with Crippen LogP contribution in [0, 0.1) is 0 Å². The Morgan fingerprint density at radius 3 is 2.72 bits per heavy atom. The first-order valence-electron chi connectivity index (χ1n) is 10.8. The lowest BCUT2D eigenvalue weighted by Crippen LogP contribution is -2.34. The summed E-state index contributed by atoms with van der Waals surface area (Å²) in [7, 11) is -9.63. The molecule has 0 spiro atoms. The summed E-state index contributed by atoms with van der Waals surface area (Å²) in [5.41, 5.74) is -0.0411. The standard InChI is InChI=1S/C18H27ClFN5O9P2/c1-2-3-10(6-34-36(31,32)9-35(28,29)30)14(26)12(20)17(27)25-8-21-13-15(22-11-4-5-33-7-11)23-18(19)24-16(13)25/h3,8,11-12,14,17,26-27H,2,4-7,9H2,1H3,(H,31,32)(H,22,23,24)(H2,28,29,30)/b10-3-/t11-,12-,14+,17+/m0/s1. The molecular weight excluding hydrogens is 547 g/mol. The molecule has 1 unspecified atom stereocenters. The van der Waals surface area contributed by atoms with Gasteiger partial charge in [0.15, 0.2) is 35.3 Å². The van der Waals surface area contributed by atoms with Crippen molar-refractivity contribution in [3.8, 4) is 0 Å². The van der Waals surface area contributed by atoms with Gasteiger partial charge in [-0.3, -0.25) is 13.7 Å². The van der Waals surface area contributed by atoms with E-state index in [1.54, 1.807) is 6.92 Å². The summed E-state index contributed by atoms with van der Waals surface area (Å²) < 4.78 is 49.2. The molecule has 6 N–H and O–H groups in total. The maximum absolute atomic E-state index is 15.3. The molecule has 0 amide bonds. The predicted molar refractivity (Wildman–Crippen MR) is 126 cm³/mol. The molecule has 14 nitrogen and oxygen atoms in total. The van der Waals surface area contributed by atoms with E-state index in [2.05, 4.69) is 20.3 Å². The van der Waals surface area contributed by atoms with Gasteiger partial charge in [0, 0.05) is 6.61 Å². The summed E-state index contributed by atoms with van der Waals surface area (Å²) in [4.78, 5) is 39.7. The highest BCUT2D eigenvalue weighted by atomic mass is 35.5. The van der Waals surface area contributed by atoms with Gasteiger partial charge in [0.2, 0.25) is 5.28 Å². The Kier molecular flexibility index (Phi) is 9.61. The number of ether oxygens (including phenoxy) is 1. The molecule has 5 atom stereocenters. The Morgan fingerprint density at radius 2 is 2.11 bits per heavy atom. The monoisotopic (exact) mass is 573 g/mol. The second-order valence-corrected chi connectivity index (χ2v) is 12.4. The Labute approximate surface area is 209 Å². The molecule has 36 heavy (non-hydrogen) atoms. The third kappa shape index (κ3) is 7.51. The highest BCUT2D eigenvalue weighted by molar-refractivity contribution is 7.70. The van der Waals surface area contributed by atoms with Gasteiger partial charge in [0.1, 0.15) is 6.10 Å². The number of alkyl halides is 1. The molecule has 1 aliphatic rings. The highest BCUT2D eigenvalue weighted by Crippen LogP contribution is 2.55. The summed E-state index contributed by atoms with van der Waals surface area (Å²) in [6.45, 7) is 1.83. The van der Waals surface area contributed by atoms with E-state index in [0.717, 1.165) is 17.3 Å². The molecule has 0 bridgehead atoms. The molecule has 2 aromatic rings. The lowest BCUT2D eigenvalue weighted by Gasteiger charge is -2.25. The minimum atomic E-state index is -4.88. The van der Waals surface area contributed by atoms with Crippen LogP contribution in [0.5, 0.6) is 0 Å². The maximum Gasteiger partial charge on any atom is 0.340 e. The number of aliphatic hydroxyl groups excluding tert-OH is 2. The zero-order valence-corrected chi connectivity index (χ0v) is 21.6. The molecule has 0 aliphatic carbocycles. The molecule has 1 fully saturated rings. The minimum Gasteiger partial charge on any atom is -0.385 e. The van der Waals surface area contributed by atoms with Crippen molar-refractivity contribution in [1.82, 2.24) is 19.5 Å². The summed E-state index contributed by atoms with van der Waals surface area (Å²) in [6.07, 6.45) is -3.06. The fraction of sp³-hybridized carbons (Fsp3) is 0.611. The predicted octanol–water partition coefficient (Wildman–Crippen LogP) is 1.54. The van der Waals surface area contributed by atoms with Crippen molar-refractivity contribution in [2.75, 3.05) is 31.0 Å². The van der Waals surface area contributed by atoms with Crippen LogP contribution in [0.2, 0.25) is 5.28 Å². The van der Waals surface area contributed by atoms with Gasteiger partial charge in [-0.15, -0.1) is 0 Å². The molecule has 202 valence electrons. The van der Waals surface area contributed by atoms with Crippen molar-refractivity contribution in [3.63, 3.8) is 0 Å². The molecule has 18 heteroatoms. The second-order valence-electron chi connectivity index (χ2n) is 8.08. The Hall–Kier alpha value is -1.51. The third-order valence-corrected chi connectivity index (χ3v) is 8.78. The Bertz CT molecular complexity index is 1190. The summed E-state index contributed by atoms with van der Waals surface area (Å²) in [5, 5.41) is 24.2. The number of imidazole rings is 1. The van der Waals surface area contributed by atoms with E-state index in [1.807, 2.05) is 0 Å². The van der Waals surface area contributed by atoms with Crippen LogP contribution < -0.4 is 5.32 Å². The molecule has 1 saturated heterocycles. The molecule has 2 aromatic heterocycles. The molecule has 0 radical (unpaired) electrons. The quantitative estimate of drug-likeness (QED) is 0.121. The van der Waals surface area contributed by atoms with Crippen molar-refractivity contribution in [2.45, 2.75) is 44.3 Å². The SMILES string of the molecule is CC/C=C(/COP(=O)(O)CP(=O)(O)O)[C@@H](O)[C@H](F)[C@@H](O)n1cnc2c(N[C@H]3CCOC3)nc(Cl)nc21. The fourth-order valence-electron chi connectivity index (χ4n) is 3.52. The van der Waals surface area contributed by atoms with E-state index in [-0.39, 0.29) is 40.3 Å². The molecule has 1 aliphatic heterocycles. The zero-order chi connectivity index (χ0) is 26.7. The lowest BCUT2D eigenvalue weighted by molar-refractivity contribution is -0.0352.